The van der Waals surface area contributed by atoms with Crippen LogP contribution < -0.4 is 20.1 Å². The van der Waals surface area contributed by atoms with E-state index in [0.717, 1.165) is 30.6 Å². The van der Waals surface area contributed by atoms with Crippen molar-refractivity contribution in [1.82, 2.24) is 20.4 Å². The Balaban J connectivity index is 1.51. The Morgan fingerprint density at radius 3 is 2.92 bits per heavy atom. The fourth-order valence-electron chi connectivity index (χ4n) is 2.90. The van der Waals surface area contributed by atoms with E-state index in [4.69, 9.17) is 9.47 Å². The Kier molecular flexibility index (Phi) is 4.88. The molecule has 7 nitrogen and oxygen atoms in total. The summed E-state index contributed by atoms with van der Waals surface area (Å²) >= 11 is 0. The van der Waals surface area contributed by atoms with Gasteiger partial charge in [-0.3, -0.25) is 4.68 Å². The van der Waals surface area contributed by atoms with Crippen molar-refractivity contribution in [2.45, 2.75) is 32.0 Å². The van der Waals surface area contributed by atoms with Gasteiger partial charge in [0.15, 0.2) is 11.5 Å². The maximum atomic E-state index is 12.1. The van der Waals surface area contributed by atoms with Gasteiger partial charge in [-0.15, -0.1) is 0 Å². The number of urea groups is 1. The lowest BCUT2D eigenvalue weighted by Crippen LogP contribution is -2.45. The summed E-state index contributed by atoms with van der Waals surface area (Å²) < 4.78 is 12.5. The summed E-state index contributed by atoms with van der Waals surface area (Å²) in [5.74, 6) is 1.32. The molecule has 7 heteroatoms. The first-order valence-corrected chi connectivity index (χ1v) is 7.95. The normalized spacial score (nSPS) is 16.2. The summed E-state index contributed by atoms with van der Waals surface area (Å²) in [5, 5.41) is 10.2. The van der Waals surface area contributed by atoms with Gasteiger partial charge in [0, 0.05) is 37.4 Å². The van der Waals surface area contributed by atoms with E-state index in [1.165, 1.54) is 0 Å². The maximum Gasteiger partial charge on any atom is 0.315 e. The monoisotopic (exact) mass is 330 g/mol. The van der Waals surface area contributed by atoms with Crippen LogP contribution in [0.4, 0.5) is 4.79 Å². The molecule has 2 N–H and O–H groups in total. The van der Waals surface area contributed by atoms with Crippen LogP contribution in [0.5, 0.6) is 11.5 Å². The van der Waals surface area contributed by atoms with Crippen molar-refractivity contribution in [2.24, 2.45) is 0 Å². The quantitative estimate of drug-likeness (QED) is 0.875. The fraction of sp³-hybridized carbons (Fsp3) is 0.412. The van der Waals surface area contributed by atoms with Gasteiger partial charge >= 0.3 is 6.03 Å². The van der Waals surface area contributed by atoms with E-state index in [1.807, 2.05) is 28.9 Å². The van der Waals surface area contributed by atoms with Gasteiger partial charge in [-0.1, -0.05) is 6.07 Å². The van der Waals surface area contributed by atoms with Crippen LogP contribution in [0.25, 0.3) is 0 Å². The summed E-state index contributed by atoms with van der Waals surface area (Å²) in [6.07, 6.45) is 3.50. The highest BCUT2D eigenvalue weighted by molar-refractivity contribution is 5.74. The van der Waals surface area contributed by atoms with Crippen molar-refractivity contribution >= 4 is 6.03 Å². The standard InChI is InChI=1S/C17H22N4O3/c1-23-15-4-3-12(9-16(15)24-2)11-18-17(22)20-13-6-8-21-14(10-13)5-7-19-21/h3-5,7,9,13H,6,8,10-11H2,1-2H3,(H2,18,20,22). The lowest BCUT2D eigenvalue weighted by molar-refractivity contribution is 0.233. The smallest absolute Gasteiger partial charge is 0.315 e. The second-order valence-electron chi connectivity index (χ2n) is 5.75. The molecule has 0 saturated heterocycles. The Morgan fingerprint density at radius 2 is 2.12 bits per heavy atom. The minimum Gasteiger partial charge on any atom is -0.493 e. The number of methoxy groups -OCH3 is 2. The summed E-state index contributed by atoms with van der Waals surface area (Å²) in [4.78, 5) is 12.1. The van der Waals surface area contributed by atoms with Crippen molar-refractivity contribution in [1.29, 1.82) is 0 Å². The zero-order valence-corrected chi connectivity index (χ0v) is 13.9. The van der Waals surface area contributed by atoms with Gasteiger partial charge in [0.2, 0.25) is 0 Å². The number of hydrogen-bond acceptors (Lipinski definition) is 4. The number of carbonyl (C=O) groups is 1. The Bertz CT molecular complexity index is 714. The van der Waals surface area contributed by atoms with Crippen molar-refractivity contribution in [3.05, 3.63) is 41.7 Å². The largest absolute Gasteiger partial charge is 0.493 e. The van der Waals surface area contributed by atoms with Gasteiger partial charge < -0.3 is 20.1 Å². The van der Waals surface area contributed by atoms with E-state index in [2.05, 4.69) is 15.7 Å². The molecule has 24 heavy (non-hydrogen) atoms. The number of nitrogens with one attached hydrogen (secondary N) is 2. The second kappa shape index (κ2) is 7.25. The molecule has 128 valence electrons. The Morgan fingerprint density at radius 1 is 1.29 bits per heavy atom. The molecule has 1 unspecified atom stereocenters. The fourth-order valence-corrected chi connectivity index (χ4v) is 2.90. The van der Waals surface area contributed by atoms with Crippen molar-refractivity contribution < 1.29 is 14.3 Å². The van der Waals surface area contributed by atoms with Gasteiger partial charge in [0.25, 0.3) is 0 Å². The molecule has 0 spiro atoms. The van der Waals surface area contributed by atoms with E-state index >= 15 is 0 Å². The molecule has 0 saturated carbocycles. The lowest BCUT2D eigenvalue weighted by atomic mass is 10.0. The summed E-state index contributed by atoms with van der Waals surface area (Å²) in [6.45, 7) is 1.26. The minimum absolute atomic E-state index is 0.139. The Labute approximate surface area is 140 Å². The van der Waals surface area contributed by atoms with E-state index in [1.54, 1.807) is 20.4 Å². The Hall–Kier alpha value is -2.70. The molecular weight excluding hydrogens is 308 g/mol. The van der Waals surface area contributed by atoms with E-state index in [9.17, 15) is 4.79 Å². The van der Waals surface area contributed by atoms with E-state index in [0.29, 0.717) is 18.0 Å². The molecule has 0 bridgehead atoms. The van der Waals surface area contributed by atoms with Gasteiger partial charge in [-0.2, -0.15) is 5.10 Å². The van der Waals surface area contributed by atoms with Crippen LogP contribution in [0.3, 0.4) is 0 Å². The summed E-state index contributed by atoms with van der Waals surface area (Å²) in [6, 6.07) is 7.56. The third-order valence-electron chi connectivity index (χ3n) is 4.19. The number of benzene rings is 1. The third kappa shape index (κ3) is 3.61. The number of aromatic nitrogens is 2. The SMILES string of the molecule is COc1ccc(CNC(=O)NC2CCn3nccc3C2)cc1OC. The average Bonchev–Trinajstić information content (AvgIpc) is 3.07. The number of hydrogen-bond donors (Lipinski definition) is 2. The molecular formula is C17H22N4O3. The first-order valence-electron chi connectivity index (χ1n) is 7.95. The number of fused-ring (bicyclic) bond motifs is 1. The van der Waals surface area contributed by atoms with Crippen molar-refractivity contribution in [3.8, 4) is 11.5 Å². The third-order valence-corrected chi connectivity index (χ3v) is 4.19. The van der Waals surface area contributed by atoms with Crippen LogP contribution in [0, 0.1) is 0 Å². The van der Waals surface area contributed by atoms with Crippen molar-refractivity contribution in [3.63, 3.8) is 0 Å². The van der Waals surface area contributed by atoms with Crippen LogP contribution in [0.1, 0.15) is 17.7 Å². The second-order valence-corrected chi connectivity index (χ2v) is 5.75. The highest BCUT2D eigenvalue weighted by Crippen LogP contribution is 2.27. The molecule has 2 heterocycles. The number of ether oxygens (including phenoxy) is 2. The average molecular weight is 330 g/mol. The van der Waals surface area contributed by atoms with Gasteiger partial charge in [-0.05, 0) is 30.2 Å². The lowest BCUT2D eigenvalue weighted by Gasteiger charge is -2.24. The van der Waals surface area contributed by atoms with Gasteiger partial charge in [0.05, 0.1) is 14.2 Å². The number of nitrogens with zero attached hydrogens (tertiary/aromatic N) is 2. The zero-order chi connectivity index (χ0) is 16.9. The molecule has 0 radical (unpaired) electrons. The van der Waals surface area contributed by atoms with E-state index < -0.39 is 0 Å². The van der Waals surface area contributed by atoms with E-state index in [-0.39, 0.29) is 12.1 Å². The number of aryl methyl sites for hydroxylation is 1. The first kappa shape index (κ1) is 16.2. The van der Waals surface area contributed by atoms with Gasteiger partial charge in [-0.25, -0.2) is 4.79 Å². The maximum absolute atomic E-state index is 12.1. The summed E-state index contributed by atoms with van der Waals surface area (Å²) in [5.41, 5.74) is 2.11. The molecule has 1 aromatic heterocycles. The van der Waals surface area contributed by atoms with Crippen LogP contribution in [0.15, 0.2) is 30.5 Å². The van der Waals surface area contributed by atoms with Crippen LogP contribution >= 0.6 is 0 Å². The minimum atomic E-state index is -0.164. The first-order chi connectivity index (χ1) is 11.7. The molecule has 1 aliphatic heterocycles. The molecule has 1 aromatic carbocycles. The molecule has 2 aromatic rings. The van der Waals surface area contributed by atoms with Crippen LogP contribution in [0.2, 0.25) is 0 Å². The highest BCUT2D eigenvalue weighted by atomic mass is 16.5. The zero-order valence-electron chi connectivity index (χ0n) is 13.9. The molecule has 0 fully saturated rings. The molecule has 0 aliphatic carbocycles. The highest BCUT2D eigenvalue weighted by Gasteiger charge is 2.20. The molecule has 2 amide bonds. The van der Waals surface area contributed by atoms with Crippen molar-refractivity contribution in [2.75, 3.05) is 14.2 Å². The number of rotatable bonds is 5. The van der Waals surface area contributed by atoms with Crippen LogP contribution in [-0.2, 0) is 19.5 Å². The number of amides is 2. The topological polar surface area (TPSA) is 77.4 Å². The summed E-state index contributed by atoms with van der Waals surface area (Å²) in [7, 11) is 3.19. The molecule has 1 atom stereocenters. The van der Waals surface area contributed by atoms with Gasteiger partial charge in [0.1, 0.15) is 0 Å². The molecule has 3 rings (SSSR count). The predicted octanol–water partition coefficient (Wildman–Crippen LogP) is 1.71. The van der Waals surface area contributed by atoms with Crippen LogP contribution in [-0.4, -0.2) is 36.1 Å². The molecule has 1 aliphatic rings. The predicted molar refractivity (Wildman–Crippen MR) is 89.3 cm³/mol. The number of carbonyl (C=O) groups excluding carboxylic acids is 1.